The van der Waals surface area contributed by atoms with Crippen molar-refractivity contribution in [1.29, 1.82) is 0 Å². The predicted molar refractivity (Wildman–Crippen MR) is 137 cm³/mol. The Balaban J connectivity index is 1.71. The molecule has 3 aromatic carbocycles. The molecule has 0 bridgehead atoms. The van der Waals surface area contributed by atoms with Gasteiger partial charge in [0.1, 0.15) is 17.2 Å². The Labute approximate surface area is 216 Å². The van der Waals surface area contributed by atoms with E-state index < -0.39 is 9.84 Å². The highest BCUT2D eigenvalue weighted by molar-refractivity contribution is 8.04. The first-order valence-electron chi connectivity index (χ1n) is 10.1. The van der Waals surface area contributed by atoms with Crippen molar-refractivity contribution in [3.63, 3.8) is 0 Å². The highest BCUT2D eigenvalue weighted by Gasteiger charge is 2.26. The summed E-state index contributed by atoms with van der Waals surface area (Å²) in [6.07, 6.45) is 1.56. The first kappa shape index (κ1) is 25.2. The number of hydrogen-bond acceptors (Lipinski definition) is 7. The third kappa shape index (κ3) is 5.23. The van der Waals surface area contributed by atoms with Crippen LogP contribution in [-0.4, -0.2) is 33.7 Å². The molecule has 0 spiro atoms. The number of sulfone groups is 1. The molecule has 0 aliphatic carbocycles. The van der Waals surface area contributed by atoms with Crippen molar-refractivity contribution in [2.24, 2.45) is 0 Å². The number of phenolic OH excluding ortho intramolecular Hbond substituents is 1. The first-order chi connectivity index (χ1) is 16.6. The summed E-state index contributed by atoms with van der Waals surface area (Å²) in [6.45, 7) is 0. The summed E-state index contributed by atoms with van der Waals surface area (Å²) in [5.41, 5.74) is 1.25. The normalized spacial score (nSPS) is 14.4. The summed E-state index contributed by atoms with van der Waals surface area (Å²) in [4.78, 5) is 13.6. The predicted octanol–water partition coefficient (Wildman–Crippen LogP) is 5.78. The van der Waals surface area contributed by atoms with E-state index in [9.17, 15) is 18.3 Å². The Morgan fingerprint density at radius 1 is 1.03 bits per heavy atom. The van der Waals surface area contributed by atoms with E-state index >= 15 is 0 Å². The molecule has 1 heterocycles. The molecule has 11 heteroatoms. The zero-order chi connectivity index (χ0) is 25.3. The molecule has 1 aliphatic heterocycles. The number of fused-ring (bicyclic) bond motifs is 1. The second kappa shape index (κ2) is 10.0. The number of anilines is 1. The molecule has 0 aromatic heterocycles. The Bertz CT molecular complexity index is 1430. The van der Waals surface area contributed by atoms with Gasteiger partial charge in [0.05, 0.1) is 41.0 Å². The SMILES string of the molecule is COc1cc(O)cc(OC)c1/C=C1\Sc2cc(S(=O)(=O)Cc3c(Cl)cccc3Cl)ccc2NC1=O. The van der Waals surface area contributed by atoms with Crippen LogP contribution in [0.1, 0.15) is 11.1 Å². The molecule has 35 heavy (non-hydrogen) atoms. The van der Waals surface area contributed by atoms with Crippen LogP contribution in [0.5, 0.6) is 17.2 Å². The Morgan fingerprint density at radius 2 is 1.66 bits per heavy atom. The van der Waals surface area contributed by atoms with Crippen molar-refractivity contribution in [2.45, 2.75) is 15.5 Å². The third-order valence-corrected chi connectivity index (χ3v) is 8.63. The van der Waals surface area contributed by atoms with Crippen molar-refractivity contribution in [2.75, 3.05) is 19.5 Å². The van der Waals surface area contributed by atoms with Crippen LogP contribution < -0.4 is 14.8 Å². The van der Waals surface area contributed by atoms with E-state index in [0.717, 1.165) is 11.8 Å². The fourth-order valence-electron chi connectivity index (χ4n) is 3.47. The summed E-state index contributed by atoms with van der Waals surface area (Å²) in [5, 5.41) is 13.2. The summed E-state index contributed by atoms with van der Waals surface area (Å²) in [5.74, 6) is -0.187. The number of methoxy groups -OCH3 is 2. The minimum absolute atomic E-state index is 0.0552. The molecular weight excluding hydrogens is 533 g/mol. The molecule has 4 rings (SSSR count). The number of amides is 1. The van der Waals surface area contributed by atoms with E-state index in [0.29, 0.717) is 33.2 Å². The largest absolute Gasteiger partial charge is 0.508 e. The van der Waals surface area contributed by atoms with Gasteiger partial charge in [-0.05, 0) is 36.4 Å². The van der Waals surface area contributed by atoms with Gasteiger partial charge in [-0.3, -0.25) is 4.79 Å². The van der Waals surface area contributed by atoms with Crippen LogP contribution in [0.3, 0.4) is 0 Å². The van der Waals surface area contributed by atoms with Crippen LogP contribution in [0, 0.1) is 0 Å². The number of phenols is 1. The number of carbonyl (C=O) groups excluding carboxylic acids is 1. The van der Waals surface area contributed by atoms with Gasteiger partial charge in [0.2, 0.25) is 0 Å². The number of rotatable bonds is 6. The van der Waals surface area contributed by atoms with E-state index in [1.54, 1.807) is 30.3 Å². The van der Waals surface area contributed by atoms with Gasteiger partial charge in [-0.15, -0.1) is 0 Å². The van der Waals surface area contributed by atoms with Gasteiger partial charge in [-0.2, -0.15) is 0 Å². The van der Waals surface area contributed by atoms with Crippen LogP contribution in [0.4, 0.5) is 5.69 Å². The number of hydrogen-bond donors (Lipinski definition) is 2. The molecule has 0 saturated carbocycles. The maximum Gasteiger partial charge on any atom is 0.262 e. The van der Waals surface area contributed by atoms with Crippen molar-refractivity contribution >= 4 is 62.5 Å². The van der Waals surface area contributed by atoms with Crippen molar-refractivity contribution < 1.29 is 27.8 Å². The Morgan fingerprint density at radius 3 is 2.26 bits per heavy atom. The van der Waals surface area contributed by atoms with E-state index in [1.165, 1.54) is 38.5 Å². The van der Waals surface area contributed by atoms with Gasteiger partial charge in [-0.1, -0.05) is 41.0 Å². The fourth-order valence-corrected chi connectivity index (χ4v) is 6.64. The minimum atomic E-state index is -3.79. The van der Waals surface area contributed by atoms with Gasteiger partial charge in [0.15, 0.2) is 9.84 Å². The number of benzene rings is 3. The first-order valence-corrected chi connectivity index (χ1v) is 13.3. The lowest BCUT2D eigenvalue weighted by Gasteiger charge is -2.20. The van der Waals surface area contributed by atoms with Crippen LogP contribution in [-0.2, 0) is 20.4 Å². The lowest BCUT2D eigenvalue weighted by atomic mass is 10.1. The lowest BCUT2D eigenvalue weighted by molar-refractivity contribution is -0.112. The maximum absolute atomic E-state index is 13.1. The molecule has 3 aromatic rings. The average molecular weight is 552 g/mol. The molecule has 7 nitrogen and oxygen atoms in total. The highest BCUT2D eigenvalue weighted by atomic mass is 35.5. The number of thioether (sulfide) groups is 1. The standard InChI is InChI=1S/C24H19Cl2NO6S2/c1-32-20-8-13(28)9-21(33-2)15(20)11-23-24(29)27-19-7-6-14(10-22(19)34-23)35(30,31)12-16-17(25)4-3-5-18(16)26/h3-11,28H,12H2,1-2H3,(H,27,29)/b23-11-. The van der Waals surface area contributed by atoms with E-state index in [1.807, 2.05) is 0 Å². The summed E-state index contributed by atoms with van der Waals surface area (Å²) >= 11 is 13.4. The third-order valence-electron chi connectivity index (χ3n) is 5.20. The quantitative estimate of drug-likeness (QED) is 0.374. The van der Waals surface area contributed by atoms with Gasteiger partial charge in [0.25, 0.3) is 5.91 Å². The van der Waals surface area contributed by atoms with E-state index in [-0.39, 0.29) is 37.3 Å². The molecule has 0 fully saturated rings. The van der Waals surface area contributed by atoms with E-state index in [2.05, 4.69) is 5.32 Å². The fraction of sp³-hybridized carbons (Fsp3) is 0.125. The second-order valence-corrected chi connectivity index (χ2v) is 11.3. The molecular formula is C24H19Cl2NO6S2. The molecule has 0 atom stereocenters. The number of halogens is 2. The lowest BCUT2D eigenvalue weighted by Crippen LogP contribution is -2.18. The maximum atomic E-state index is 13.1. The zero-order valence-corrected chi connectivity index (χ0v) is 21.6. The summed E-state index contributed by atoms with van der Waals surface area (Å²) in [7, 11) is -0.925. The molecule has 0 radical (unpaired) electrons. The average Bonchev–Trinajstić information content (AvgIpc) is 2.82. The highest BCUT2D eigenvalue weighted by Crippen LogP contribution is 2.43. The van der Waals surface area contributed by atoms with Crippen LogP contribution >= 0.6 is 35.0 Å². The van der Waals surface area contributed by atoms with Crippen LogP contribution in [0.25, 0.3) is 6.08 Å². The summed E-state index contributed by atoms with van der Waals surface area (Å²) < 4.78 is 36.9. The van der Waals surface area contributed by atoms with Gasteiger partial charge < -0.3 is 19.9 Å². The molecule has 182 valence electrons. The van der Waals surface area contributed by atoms with Gasteiger partial charge in [0, 0.05) is 32.6 Å². The minimum Gasteiger partial charge on any atom is -0.508 e. The Hall–Kier alpha value is -2.85. The number of nitrogens with one attached hydrogen (secondary N) is 1. The van der Waals surface area contributed by atoms with Crippen molar-refractivity contribution in [1.82, 2.24) is 0 Å². The van der Waals surface area contributed by atoms with Crippen molar-refractivity contribution in [3.05, 3.63) is 74.6 Å². The Kier molecular flexibility index (Phi) is 7.23. The van der Waals surface area contributed by atoms with Crippen LogP contribution in [0.15, 0.2) is 63.2 Å². The van der Waals surface area contributed by atoms with Gasteiger partial charge >= 0.3 is 0 Å². The summed E-state index contributed by atoms with van der Waals surface area (Å²) in [6, 6.07) is 12.1. The molecule has 2 N–H and O–H groups in total. The molecule has 0 unspecified atom stereocenters. The van der Waals surface area contributed by atoms with Gasteiger partial charge in [-0.25, -0.2) is 8.42 Å². The topological polar surface area (TPSA) is 102 Å². The number of aromatic hydroxyl groups is 1. The second-order valence-electron chi connectivity index (χ2n) is 7.45. The van der Waals surface area contributed by atoms with E-state index in [4.69, 9.17) is 32.7 Å². The molecule has 0 saturated heterocycles. The number of carbonyl (C=O) groups is 1. The smallest absolute Gasteiger partial charge is 0.262 e. The molecule has 1 aliphatic rings. The number of ether oxygens (including phenoxy) is 2. The molecule has 1 amide bonds. The monoisotopic (exact) mass is 551 g/mol. The van der Waals surface area contributed by atoms with Crippen molar-refractivity contribution in [3.8, 4) is 17.2 Å². The van der Waals surface area contributed by atoms with Crippen LogP contribution in [0.2, 0.25) is 10.0 Å². The zero-order valence-electron chi connectivity index (χ0n) is 18.5.